The zero-order valence-corrected chi connectivity index (χ0v) is 17.1. The number of nitrogens with zero attached hydrogens (tertiary/aromatic N) is 1. The Bertz CT molecular complexity index is 1010. The fraction of sp³-hybridized carbons (Fsp3) is 0.238. The summed E-state index contributed by atoms with van der Waals surface area (Å²) >= 11 is 12.6. The van der Waals surface area contributed by atoms with E-state index in [1.54, 1.807) is 29.2 Å². The molecule has 0 aromatic heterocycles. The number of carbonyl (C=O) groups excluding carboxylic acids is 1. The Labute approximate surface area is 178 Å². The van der Waals surface area contributed by atoms with Crippen LogP contribution in [-0.4, -0.2) is 23.0 Å². The lowest BCUT2D eigenvalue weighted by Gasteiger charge is -2.38. The molecule has 2 aromatic rings. The van der Waals surface area contributed by atoms with E-state index in [0.29, 0.717) is 33.4 Å². The number of nitrogens with two attached hydrogens (primary N) is 1. The second-order valence-corrected chi connectivity index (χ2v) is 7.53. The van der Waals surface area contributed by atoms with Crippen LogP contribution in [-0.2, 0) is 16.0 Å². The maximum atomic E-state index is 12.6. The molecule has 1 heterocycles. The van der Waals surface area contributed by atoms with Crippen LogP contribution in [0.15, 0.2) is 36.4 Å². The molecule has 6 nitrogen and oxygen atoms in total. The first-order chi connectivity index (χ1) is 13.8. The summed E-state index contributed by atoms with van der Waals surface area (Å²) in [5.74, 6) is 1.54. The molecule has 1 amide bonds. The first kappa shape index (κ1) is 20.8. The molecule has 0 saturated carbocycles. The number of nitrogens with one attached hydrogen (secondary N) is 1. The summed E-state index contributed by atoms with van der Waals surface area (Å²) in [5, 5.41) is 13.3. The largest absolute Gasteiger partial charge is 0.480 e. The van der Waals surface area contributed by atoms with Gasteiger partial charge in [0, 0.05) is 52.8 Å². The maximum absolute atomic E-state index is 12.6. The predicted octanol–water partition coefficient (Wildman–Crippen LogP) is 3.82. The molecule has 0 spiro atoms. The third kappa shape index (κ3) is 4.42. The number of benzene rings is 2. The molecular formula is C21H19Cl2N3O3. The van der Waals surface area contributed by atoms with E-state index in [1.807, 2.05) is 12.1 Å². The van der Waals surface area contributed by atoms with Crippen molar-refractivity contribution in [1.82, 2.24) is 0 Å². The second kappa shape index (κ2) is 8.64. The van der Waals surface area contributed by atoms with Crippen molar-refractivity contribution >= 4 is 46.5 Å². The second-order valence-electron chi connectivity index (χ2n) is 6.69. The maximum Gasteiger partial charge on any atom is 0.326 e. The third-order valence-corrected chi connectivity index (χ3v) is 5.31. The predicted molar refractivity (Wildman–Crippen MR) is 114 cm³/mol. The summed E-state index contributed by atoms with van der Waals surface area (Å²) in [6.45, 7) is 1.44. The van der Waals surface area contributed by atoms with Crippen molar-refractivity contribution in [2.24, 2.45) is 5.73 Å². The van der Waals surface area contributed by atoms with Crippen molar-refractivity contribution in [3.8, 4) is 12.0 Å². The molecule has 0 bridgehead atoms. The van der Waals surface area contributed by atoms with Crippen molar-refractivity contribution in [2.45, 2.75) is 31.8 Å². The smallest absolute Gasteiger partial charge is 0.326 e. The van der Waals surface area contributed by atoms with Crippen LogP contribution in [0.4, 0.5) is 11.4 Å². The Morgan fingerprint density at radius 2 is 1.97 bits per heavy atom. The average Bonchev–Trinajstić information content (AvgIpc) is 2.66. The van der Waals surface area contributed by atoms with Gasteiger partial charge in [-0.15, -0.1) is 0 Å². The van der Waals surface area contributed by atoms with Crippen LogP contribution < -0.4 is 16.0 Å². The molecule has 0 aliphatic carbocycles. The van der Waals surface area contributed by atoms with Crippen molar-refractivity contribution in [3.05, 3.63) is 57.6 Å². The molecule has 8 heteroatoms. The summed E-state index contributed by atoms with van der Waals surface area (Å²) in [4.78, 5) is 25.9. The van der Waals surface area contributed by atoms with E-state index in [9.17, 15) is 14.7 Å². The number of rotatable bonds is 4. The highest BCUT2D eigenvalue weighted by atomic mass is 35.5. The van der Waals surface area contributed by atoms with E-state index >= 15 is 0 Å². The van der Waals surface area contributed by atoms with Gasteiger partial charge in [0.15, 0.2) is 0 Å². The summed E-state index contributed by atoms with van der Waals surface area (Å²) in [5.41, 5.74) is 7.94. The fourth-order valence-electron chi connectivity index (χ4n) is 3.54. The van der Waals surface area contributed by atoms with Crippen LogP contribution in [0.3, 0.4) is 0 Å². The van der Waals surface area contributed by atoms with Crippen LogP contribution in [0.2, 0.25) is 10.0 Å². The molecule has 3 rings (SSSR count). The number of hydrogen-bond acceptors (Lipinski definition) is 4. The minimum Gasteiger partial charge on any atom is -0.480 e. The van der Waals surface area contributed by atoms with E-state index in [1.165, 1.54) is 6.92 Å². The Hall–Kier alpha value is -2.88. The lowest BCUT2D eigenvalue weighted by Crippen LogP contribution is -2.43. The number of hydrogen-bond donors (Lipinski definition) is 3. The Morgan fingerprint density at radius 1 is 1.28 bits per heavy atom. The van der Waals surface area contributed by atoms with Gasteiger partial charge in [0.05, 0.1) is 6.04 Å². The number of carboxylic acids is 1. The van der Waals surface area contributed by atoms with Crippen molar-refractivity contribution in [2.75, 3.05) is 10.2 Å². The highest BCUT2D eigenvalue weighted by Crippen LogP contribution is 2.44. The minimum absolute atomic E-state index is 0.156. The average molecular weight is 432 g/mol. The molecule has 2 aromatic carbocycles. The number of amides is 1. The normalized spacial score (nSPS) is 17.3. The Morgan fingerprint density at radius 3 is 2.55 bits per heavy atom. The summed E-state index contributed by atoms with van der Waals surface area (Å²) in [6.07, 6.45) is 0.655. The SMILES string of the molecule is CC(=O)N(c1ccc(CC#CN)cc1)[C@@H]1C[C@@H](C(=O)O)Nc2cc(Cl)cc(Cl)c21. The van der Waals surface area contributed by atoms with E-state index < -0.39 is 18.1 Å². The Kier molecular flexibility index (Phi) is 6.21. The number of fused-ring (bicyclic) bond motifs is 1. The van der Waals surface area contributed by atoms with Gasteiger partial charge < -0.3 is 21.1 Å². The van der Waals surface area contributed by atoms with Gasteiger partial charge in [0.2, 0.25) is 5.91 Å². The monoisotopic (exact) mass is 431 g/mol. The van der Waals surface area contributed by atoms with E-state index in [4.69, 9.17) is 28.9 Å². The molecule has 0 radical (unpaired) electrons. The molecule has 0 saturated heterocycles. The van der Waals surface area contributed by atoms with Gasteiger partial charge in [-0.05, 0) is 29.8 Å². The minimum atomic E-state index is -1.02. The number of carbonyl (C=O) groups is 2. The summed E-state index contributed by atoms with van der Waals surface area (Å²) in [7, 11) is 0. The lowest BCUT2D eigenvalue weighted by molar-refractivity contribution is -0.138. The lowest BCUT2D eigenvalue weighted by atomic mass is 9.91. The van der Waals surface area contributed by atoms with Gasteiger partial charge in [-0.25, -0.2) is 4.79 Å². The zero-order valence-electron chi connectivity index (χ0n) is 15.6. The number of aliphatic carboxylic acids is 1. The quantitative estimate of drug-likeness (QED) is 0.505. The van der Waals surface area contributed by atoms with Crippen LogP contribution in [0.25, 0.3) is 0 Å². The zero-order chi connectivity index (χ0) is 21.1. The topological polar surface area (TPSA) is 95.7 Å². The highest BCUT2D eigenvalue weighted by molar-refractivity contribution is 6.35. The van der Waals surface area contributed by atoms with E-state index in [0.717, 1.165) is 5.56 Å². The van der Waals surface area contributed by atoms with Crippen molar-refractivity contribution in [3.63, 3.8) is 0 Å². The van der Waals surface area contributed by atoms with E-state index in [2.05, 4.69) is 17.3 Å². The summed E-state index contributed by atoms with van der Waals surface area (Å²) in [6, 6.07) is 11.4. The molecule has 0 fully saturated rings. The molecule has 1 aliphatic heterocycles. The first-order valence-electron chi connectivity index (χ1n) is 8.87. The van der Waals surface area contributed by atoms with Crippen LogP contribution in [0, 0.1) is 12.0 Å². The van der Waals surface area contributed by atoms with Gasteiger partial charge in [0.25, 0.3) is 0 Å². The summed E-state index contributed by atoms with van der Waals surface area (Å²) < 4.78 is 0. The van der Waals surface area contributed by atoms with Gasteiger partial charge in [0.1, 0.15) is 6.04 Å². The molecule has 4 N–H and O–H groups in total. The van der Waals surface area contributed by atoms with Crippen LogP contribution in [0.1, 0.15) is 30.5 Å². The molecular weight excluding hydrogens is 413 g/mol. The van der Waals surface area contributed by atoms with Crippen LogP contribution in [0.5, 0.6) is 0 Å². The van der Waals surface area contributed by atoms with Crippen LogP contribution >= 0.6 is 23.2 Å². The standard InChI is InChI=1S/C21H19Cl2N3O3/c1-12(27)26(15-6-4-13(5-7-15)3-2-8-24)19-11-18(21(28)29)25-17-10-14(22)9-16(23)20(17)19/h4-7,9-10,18-19,25H,3,11,24H2,1H3,(H,28,29)/t18-,19+/m0/s1. The van der Waals surface area contributed by atoms with Crippen molar-refractivity contribution in [1.29, 1.82) is 0 Å². The highest BCUT2D eigenvalue weighted by Gasteiger charge is 2.37. The van der Waals surface area contributed by atoms with Crippen molar-refractivity contribution < 1.29 is 14.7 Å². The first-order valence-corrected chi connectivity index (χ1v) is 9.63. The molecule has 0 unspecified atom stereocenters. The fourth-order valence-corrected chi connectivity index (χ4v) is 4.16. The van der Waals surface area contributed by atoms with Gasteiger partial charge >= 0.3 is 5.97 Å². The van der Waals surface area contributed by atoms with Gasteiger partial charge in [-0.1, -0.05) is 41.3 Å². The number of anilines is 2. The molecule has 1 aliphatic rings. The van der Waals surface area contributed by atoms with E-state index in [-0.39, 0.29) is 12.3 Å². The van der Waals surface area contributed by atoms with Gasteiger partial charge in [-0.3, -0.25) is 4.79 Å². The molecule has 150 valence electrons. The number of carboxylic acid groups (broad SMARTS) is 1. The molecule has 29 heavy (non-hydrogen) atoms. The molecule has 2 atom stereocenters. The van der Waals surface area contributed by atoms with Gasteiger partial charge in [-0.2, -0.15) is 0 Å². The third-order valence-electron chi connectivity index (χ3n) is 4.77. The Balaban J connectivity index is 2.07. The number of halogens is 2.